The highest BCUT2D eigenvalue weighted by Gasteiger charge is 2.40. The summed E-state index contributed by atoms with van der Waals surface area (Å²) in [6.45, 7) is 3.95. The third-order valence-corrected chi connectivity index (χ3v) is 4.65. The van der Waals surface area contributed by atoms with Gasteiger partial charge in [-0.1, -0.05) is 37.3 Å². The SMILES string of the molecule is CCc1n[nH]c(CN2CCCC2(CO)Cc2ccccc2)n1. The Balaban J connectivity index is 1.76. The Morgan fingerprint density at radius 1 is 1.32 bits per heavy atom. The van der Waals surface area contributed by atoms with Crippen molar-refractivity contribution in [1.82, 2.24) is 20.1 Å². The van der Waals surface area contributed by atoms with Crippen molar-refractivity contribution < 1.29 is 5.11 Å². The molecule has 2 N–H and O–H groups in total. The molecule has 22 heavy (non-hydrogen) atoms. The predicted octanol–water partition coefficient (Wildman–Crippen LogP) is 1.94. The summed E-state index contributed by atoms with van der Waals surface area (Å²) in [5.74, 6) is 1.75. The second kappa shape index (κ2) is 6.58. The van der Waals surface area contributed by atoms with Crippen LogP contribution in [0.25, 0.3) is 0 Å². The summed E-state index contributed by atoms with van der Waals surface area (Å²) in [7, 11) is 0. The summed E-state index contributed by atoms with van der Waals surface area (Å²) in [4.78, 5) is 6.87. The third-order valence-electron chi connectivity index (χ3n) is 4.65. The van der Waals surface area contributed by atoms with Gasteiger partial charge in [-0.15, -0.1) is 0 Å². The predicted molar refractivity (Wildman–Crippen MR) is 85.4 cm³/mol. The minimum Gasteiger partial charge on any atom is -0.394 e. The second-order valence-corrected chi connectivity index (χ2v) is 6.12. The van der Waals surface area contributed by atoms with Crippen molar-refractivity contribution in [1.29, 1.82) is 0 Å². The van der Waals surface area contributed by atoms with Crippen LogP contribution < -0.4 is 0 Å². The number of aromatic amines is 1. The van der Waals surface area contributed by atoms with E-state index in [4.69, 9.17) is 0 Å². The number of likely N-dealkylation sites (tertiary alicyclic amines) is 1. The molecule has 1 aromatic carbocycles. The van der Waals surface area contributed by atoms with Crippen LogP contribution in [-0.2, 0) is 19.4 Å². The van der Waals surface area contributed by atoms with E-state index in [1.165, 1.54) is 5.56 Å². The van der Waals surface area contributed by atoms with Crippen LogP contribution in [0.4, 0.5) is 0 Å². The highest BCUT2D eigenvalue weighted by molar-refractivity contribution is 5.19. The molecule has 0 spiro atoms. The molecule has 1 aliphatic rings. The van der Waals surface area contributed by atoms with E-state index in [2.05, 4.69) is 51.3 Å². The number of hydrogen-bond donors (Lipinski definition) is 2. The molecule has 0 saturated carbocycles. The Morgan fingerprint density at radius 3 is 2.82 bits per heavy atom. The van der Waals surface area contributed by atoms with Gasteiger partial charge in [0.25, 0.3) is 0 Å². The van der Waals surface area contributed by atoms with Gasteiger partial charge in [-0.3, -0.25) is 10.00 Å². The number of H-pyrrole nitrogens is 1. The Labute approximate surface area is 131 Å². The lowest BCUT2D eigenvalue weighted by molar-refractivity contribution is 0.0564. The summed E-state index contributed by atoms with van der Waals surface area (Å²) in [5.41, 5.74) is 1.09. The van der Waals surface area contributed by atoms with E-state index in [0.717, 1.165) is 50.4 Å². The lowest BCUT2D eigenvalue weighted by Gasteiger charge is -2.37. The Hall–Kier alpha value is -1.72. The van der Waals surface area contributed by atoms with Gasteiger partial charge in [-0.05, 0) is 31.4 Å². The number of rotatable bonds is 6. The first-order valence-corrected chi connectivity index (χ1v) is 8.06. The molecule has 1 atom stereocenters. The number of aliphatic hydroxyl groups is 1. The van der Waals surface area contributed by atoms with Crippen molar-refractivity contribution in [2.45, 2.75) is 44.7 Å². The average molecular weight is 300 g/mol. The first-order valence-electron chi connectivity index (χ1n) is 8.06. The molecule has 5 heteroatoms. The molecule has 3 rings (SSSR count). The zero-order chi connectivity index (χ0) is 15.4. The summed E-state index contributed by atoms with van der Waals surface area (Å²) >= 11 is 0. The molecule has 0 amide bonds. The maximum absolute atomic E-state index is 10.1. The molecule has 118 valence electrons. The normalized spacial score (nSPS) is 22.3. The molecule has 2 heterocycles. The molecular weight excluding hydrogens is 276 g/mol. The van der Waals surface area contributed by atoms with Crippen LogP contribution in [0.5, 0.6) is 0 Å². The Bertz CT molecular complexity index is 598. The number of hydrogen-bond acceptors (Lipinski definition) is 4. The highest BCUT2D eigenvalue weighted by Crippen LogP contribution is 2.33. The molecule has 2 aromatic rings. The lowest BCUT2D eigenvalue weighted by atomic mass is 9.89. The monoisotopic (exact) mass is 300 g/mol. The van der Waals surface area contributed by atoms with Crippen LogP contribution in [0.2, 0.25) is 0 Å². The summed E-state index contributed by atoms with van der Waals surface area (Å²) in [6, 6.07) is 10.4. The van der Waals surface area contributed by atoms with E-state index in [1.807, 2.05) is 6.07 Å². The van der Waals surface area contributed by atoms with E-state index < -0.39 is 0 Å². The summed E-state index contributed by atoms with van der Waals surface area (Å²) in [5, 5.41) is 17.3. The zero-order valence-corrected chi connectivity index (χ0v) is 13.1. The van der Waals surface area contributed by atoms with Crippen molar-refractivity contribution in [3.8, 4) is 0 Å². The molecule has 0 radical (unpaired) electrons. The fourth-order valence-electron chi connectivity index (χ4n) is 3.40. The third kappa shape index (κ3) is 3.05. The van der Waals surface area contributed by atoms with Crippen molar-refractivity contribution in [3.05, 3.63) is 47.5 Å². The van der Waals surface area contributed by atoms with Gasteiger partial charge in [0.2, 0.25) is 0 Å². The largest absolute Gasteiger partial charge is 0.394 e. The average Bonchev–Trinajstić information content (AvgIpc) is 3.17. The number of aliphatic hydroxyl groups excluding tert-OH is 1. The molecule has 0 bridgehead atoms. The summed E-state index contributed by atoms with van der Waals surface area (Å²) < 4.78 is 0. The van der Waals surface area contributed by atoms with Crippen LogP contribution in [0, 0.1) is 0 Å². The van der Waals surface area contributed by atoms with Crippen LogP contribution in [0.1, 0.15) is 37.0 Å². The van der Waals surface area contributed by atoms with Crippen molar-refractivity contribution in [2.75, 3.05) is 13.2 Å². The van der Waals surface area contributed by atoms with E-state index in [1.54, 1.807) is 0 Å². The number of benzene rings is 1. The van der Waals surface area contributed by atoms with E-state index in [-0.39, 0.29) is 12.1 Å². The smallest absolute Gasteiger partial charge is 0.150 e. The van der Waals surface area contributed by atoms with E-state index in [0.29, 0.717) is 0 Å². The van der Waals surface area contributed by atoms with Crippen LogP contribution in [0.3, 0.4) is 0 Å². The molecule has 5 nitrogen and oxygen atoms in total. The van der Waals surface area contributed by atoms with Crippen molar-refractivity contribution in [2.24, 2.45) is 0 Å². The van der Waals surface area contributed by atoms with Gasteiger partial charge in [0.15, 0.2) is 0 Å². The molecule has 1 saturated heterocycles. The van der Waals surface area contributed by atoms with E-state index in [9.17, 15) is 5.11 Å². The fraction of sp³-hybridized carbons (Fsp3) is 0.529. The van der Waals surface area contributed by atoms with Gasteiger partial charge >= 0.3 is 0 Å². The minimum absolute atomic E-state index is 0.177. The number of aromatic nitrogens is 3. The van der Waals surface area contributed by atoms with Gasteiger partial charge in [0.05, 0.1) is 13.2 Å². The maximum Gasteiger partial charge on any atom is 0.150 e. The van der Waals surface area contributed by atoms with Gasteiger partial charge < -0.3 is 5.11 Å². The van der Waals surface area contributed by atoms with Gasteiger partial charge in [0.1, 0.15) is 11.6 Å². The maximum atomic E-state index is 10.1. The van der Waals surface area contributed by atoms with Crippen LogP contribution >= 0.6 is 0 Å². The van der Waals surface area contributed by atoms with Crippen molar-refractivity contribution >= 4 is 0 Å². The molecule has 1 fully saturated rings. The Kier molecular flexibility index (Phi) is 4.55. The molecule has 1 aromatic heterocycles. The topological polar surface area (TPSA) is 65.0 Å². The molecule has 0 aliphatic carbocycles. The number of nitrogens with one attached hydrogen (secondary N) is 1. The molecule has 1 unspecified atom stereocenters. The number of nitrogens with zero attached hydrogens (tertiary/aromatic N) is 3. The van der Waals surface area contributed by atoms with Gasteiger partial charge in [-0.25, -0.2) is 4.98 Å². The number of aryl methyl sites for hydroxylation is 1. The second-order valence-electron chi connectivity index (χ2n) is 6.12. The van der Waals surface area contributed by atoms with Gasteiger partial charge in [0, 0.05) is 12.0 Å². The standard InChI is InChI=1S/C17H24N4O/c1-2-15-18-16(20-19-15)12-21-10-6-9-17(21,13-22)11-14-7-4-3-5-8-14/h3-5,7-8,22H,2,6,9-13H2,1H3,(H,18,19,20). The Morgan fingerprint density at radius 2 is 2.14 bits per heavy atom. The first kappa shape index (κ1) is 15.2. The van der Waals surface area contributed by atoms with Crippen LogP contribution in [0.15, 0.2) is 30.3 Å². The van der Waals surface area contributed by atoms with E-state index >= 15 is 0 Å². The highest BCUT2D eigenvalue weighted by atomic mass is 16.3. The lowest BCUT2D eigenvalue weighted by Crippen LogP contribution is -2.48. The van der Waals surface area contributed by atoms with Crippen molar-refractivity contribution in [3.63, 3.8) is 0 Å². The summed E-state index contributed by atoms with van der Waals surface area (Å²) in [6.07, 6.45) is 3.85. The first-order chi connectivity index (χ1) is 10.8. The molecule has 1 aliphatic heterocycles. The zero-order valence-electron chi connectivity index (χ0n) is 13.1. The molecular formula is C17H24N4O. The minimum atomic E-state index is -0.180. The van der Waals surface area contributed by atoms with Gasteiger partial charge in [-0.2, -0.15) is 5.10 Å². The van der Waals surface area contributed by atoms with Crippen LogP contribution in [-0.4, -0.2) is 43.9 Å². The quantitative estimate of drug-likeness (QED) is 0.855. The fourth-order valence-corrected chi connectivity index (χ4v) is 3.40.